The van der Waals surface area contributed by atoms with Crippen LogP contribution in [-0.4, -0.2) is 32.0 Å². The molecular weight excluding hydrogens is 438 g/mol. The van der Waals surface area contributed by atoms with Crippen molar-refractivity contribution in [2.45, 2.75) is 75.7 Å². The van der Waals surface area contributed by atoms with E-state index in [1.807, 2.05) is 58.0 Å². The molecule has 182 valence electrons. The molecule has 0 bridgehead atoms. The molecular formula is C26H37NO5S. The van der Waals surface area contributed by atoms with Gasteiger partial charge in [-0.3, -0.25) is 9.63 Å². The number of hydrogen-bond acceptors (Lipinski definition) is 5. The first-order chi connectivity index (χ1) is 15.6. The molecule has 0 fully saturated rings. The first kappa shape index (κ1) is 27.0. The van der Waals surface area contributed by atoms with Gasteiger partial charge in [0, 0.05) is 6.61 Å². The Morgan fingerprint density at radius 2 is 1.58 bits per heavy atom. The normalized spacial score (nSPS) is 13.9. The summed E-state index contributed by atoms with van der Waals surface area (Å²) in [6.45, 7) is 7.70. The third-order valence-electron chi connectivity index (χ3n) is 5.10. The second-order valence-corrected chi connectivity index (χ2v) is 11.1. The average Bonchev–Trinajstić information content (AvgIpc) is 2.79. The highest BCUT2D eigenvalue weighted by Gasteiger charge is 2.40. The molecule has 0 aliphatic heterocycles. The molecule has 7 heteroatoms. The molecule has 2 atom stereocenters. The lowest BCUT2D eigenvalue weighted by Crippen LogP contribution is -2.45. The fourth-order valence-corrected chi connectivity index (χ4v) is 5.12. The van der Waals surface area contributed by atoms with Crippen LogP contribution in [0.3, 0.4) is 0 Å². The minimum Gasteiger partial charge on any atom is -0.361 e. The number of aryl methyl sites for hydroxylation is 1. The summed E-state index contributed by atoms with van der Waals surface area (Å²) in [5, 5.41) is 0. The van der Waals surface area contributed by atoms with Crippen molar-refractivity contribution in [2.75, 3.05) is 6.61 Å². The van der Waals surface area contributed by atoms with Crippen molar-refractivity contribution in [3.8, 4) is 0 Å². The number of ether oxygens (including phenoxy) is 1. The molecule has 0 aliphatic carbocycles. The highest BCUT2D eigenvalue weighted by atomic mass is 32.2. The lowest BCUT2D eigenvalue weighted by atomic mass is 9.99. The van der Waals surface area contributed by atoms with E-state index in [2.05, 4.69) is 5.48 Å². The van der Waals surface area contributed by atoms with Gasteiger partial charge in [0.25, 0.3) is 0 Å². The first-order valence-corrected chi connectivity index (χ1v) is 13.1. The summed E-state index contributed by atoms with van der Waals surface area (Å²) in [6.07, 6.45) is 3.28. The number of unbranched alkanes of at least 4 members (excludes halogenated alkanes) is 1. The summed E-state index contributed by atoms with van der Waals surface area (Å²) in [5.41, 5.74) is 1.71. The molecule has 1 N–H and O–H groups in total. The standard InChI is InChI=1S/C26H37NO5S/c1-5-6-20-31-25(33(29,30)22-17-11-8-12-18-22)23(24(28)27-32-26(2,3)4)19-13-16-21-14-9-7-10-15-21/h7-12,14-15,17-18,23,25H,5-6,13,16,19-20H2,1-4H3,(H,27,28). The van der Waals surface area contributed by atoms with Crippen LogP contribution < -0.4 is 5.48 Å². The van der Waals surface area contributed by atoms with Gasteiger partial charge in [-0.05, 0) is 64.2 Å². The van der Waals surface area contributed by atoms with Gasteiger partial charge in [0.1, 0.15) is 0 Å². The Morgan fingerprint density at radius 1 is 0.970 bits per heavy atom. The molecule has 0 spiro atoms. The van der Waals surface area contributed by atoms with Crippen molar-refractivity contribution in [1.29, 1.82) is 0 Å². The fourth-order valence-electron chi connectivity index (χ4n) is 3.35. The van der Waals surface area contributed by atoms with E-state index < -0.39 is 32.7 Å². The Hall–Kier alpha value is -2.22. The Balaban J connectivity index is 2.31. The fraction of sp³-hybridized carbons (Fsp3) is 0.500. The van der Waals surface area contributed by atoms with Crippen LogP contribution in [0.4, 0.5) is 0 Å². The van der Waals surface area contributed by atoms with Gasteiger partial charge in [-0.15, -0.1) is 0 Å². The third-order valence-corrected chi connectivity index (χ3v) is 7.11. The van der Waals surface area contributed by atoms with Crippen LogP contribution in [0.2, 0.25) is 0 Å². The van der Waals surface area contributed by atoms with E-state index in [4.69, 9.17) is 9.57 Å². The zero-order chi connectivity index (χ0) is 24.3. The van der Waals surface area contributed by atoms with E-state index in [9.17, 15) is 13.2 Å². The topological polar surface area (TPSA) is 81.7 Å². The van der Waals surface area contributed by atoms with Gasteiger partial charge >= 0.3 is 0 Å². The minimum absolute atomic E-state index is 0.143. The van der Waals surface area contributed by atoms with Crippen molar-refractivity contribution in [3.05, 3.63) is 66.2 Å². The lowest BCUT2D eigenvalue weighted by Gasteiger charge is -2.28. The number of carbonyl (C=O) groups excluding carboxylic acids is 1. The number of nitrogens with one attached hydrogen (secondary N) is 1. The summed E-state index contributed by atoms with van der Waals surface area (Å²) in [6, 6.07) is 18.1. The highest BCUT2D eigenvalue weighted by Crippen LogP contribution is 2.27. The molecule has 0 aliphatic rings. The van der Waals surface area contributed by atoms with Crippen LogP contribution in [0.5, 0.6) is 0 Å². The average molecular weight is 476 g/mol. The van der Waals surface area contributed by atoms with E-state index in [0.29, 0.717) is 19.3 Å². The summed E-state index contributed by atoms with van der Waals surface area (Å²) in [5.74, 6) is -1.41. The Morgan fingerprint density at radius 3 is 2.15 bits per heavy atom. The third kappa shape index (κ3) is 8.91. The van der Waals surface area contributed by atoms with Crippen LogP contribution in [0, 0.1) is 5.92 Å². The SMILES string of the molecule is CCCCOC(C(CCCc1ccccc1)C(=O)NOC(C)(C)C)S(=O)(=O)c1ccccc1. The van der Waals surface area contributed by atoms with Gasteiger partial charge in [0.15, 0.2) is 5.44 Å². The summed E-state index contributed by atoms with van der Waals surface area (Å²) < 4.78 is 33.0. The van der Waals surface area contributed by atoms with E-state index in [1.165, 1.54) is 12.1 Å². The zero-order valence-corrected chi connectivity index (χ0v) is 20.9. The molecule has 0 radical (unpaired) electrons. The predicted molar refractivity (Wildman–Crippen MR) is 130 cm³/mol. The molecule has 0 saturated carbocycles. The Kier molecular flexibility index (Phi) is 10.5. The van der Waals surface area contributed by atoms with Crippen molar-refractivity contribution in [3.63, 3.8) is 0 Å². The maximum atomic E-state index is 13.6. The number of rotatable bonds is 13. The van der Waals surface area contributed by atoms with Gasteiger partial charge in [-0.2, -0.15) is 0 Å². The van der Waals surface area contributed by atoms with Crippen molar-refractivity contribution < 1.29 is 22.8 Å². The van der Waals surface area contributed by atoms with Gasteiger partial charge < -0.3 is 4.74 Å². The van der Waals surface area contributed by atoms with E-state index in [1.54, 1.807) is 18.2 Å². The number of benzene rings is 2. The number of hydrogen-bond donors (Lipinski definition) is 1. The summed E-state index contributed by atoms with van der Waals surface area (Å²) in [4.78, 5) is 18.8. The number of amides is 1. The van der Waals surface area contributed by atoms with E-state index in [0.717, 1.165) is 18.4 Å². The maximum absolute atomic E-state index is 13.6. The number of carbonyl (C=O) groups is 1. The van der Waals surface area contributed by atoms with Crippen LogP contribution >= 0.6 is 0 Å². The van der Waals surface area contributed by atoms with Crippen molar-refractivity contribution >= 4 is 15.7 Å². The van der Waals surface area contributed by atoms with Crippen molar-refractivity contribution in [2.24, 2.45) is 5.92 Å². The first-order valence-electron chi connectivity index (χ1n) is 11.6. The van der Waals surface area contributed by atoms with Gasteiger partial charge in [-0.1, -0.05) is 61.9 Å². The molecule has 6 nitrogen and oxygen atoms in total. The second kappa shape index (κ2) is 12.9. The minimum atomic E-state index is -3.91. The molecule has 1 amide bonds. The summed E-state index contributed by atoms with van der Waals surface area (Å²) >= 11 is 0. The van der Waals surface area contributed by atoms with Crippen LogP contribution in [0.1, 0.15) is 58.9 Å². The van der Waals surface area contributed by atoms with Crippen LogP contribution in [0.25, 0.3) is 0 Å². The summed E-state index contributed by atoms with van der Waals surface area (Å²) in [7, 11) is -3.91. The maximum Gasteiger partial charge on any atom is 0.250 e. The number of hydroxylamine groups is 1. The van der Waals surface area contributed by atoms with Crippen LogP contribution in [0.15, 0.2) is 65.6 Å². The van der Waals surface area contributed by atoms with E-state index in [-0.39, 0.29) is 11.5 Å². The highest BCUT2D eigenvalue weighted by molar-refractivity contribution is 7.92. The number of sulfone groups is 1. The predicted octanol–water partition coefficient (Wildman–Crippen LogP) is 5.09. The van der Waals surface area contributed by atoms with Crippen molar-refractivity contribution in [1.82, 2.24) is 5.48 Å². The van der Waals surface area contributed by atoms with E-state index >= 15 is 0 Å². The smallest absolute Gasteiger partial charge is 0.250 e. The van der Waals surface area contributed by atoms with Crippen LogP contribution in [-0.2, 0) is 30.6 Å². The van der Waals surface area contributed by atoms with Gasteiger partial charge in [-0.25, -0.2) is 13.9 Å². The molecule has 0 aromatic heterocycles. The zero-order valence-electron chi connectivity index (χ0n) is 20.1. The monoisotopic (exact) mass is 475 g/mol. The molecule has 33 heavy (non-hydrogen) atoms. The van der Waals surface area contributed by atoms with Gasteiger partial charge in [0.2, 0.25) is 15.7 Å². The molecule has 0 saturated heterocycles. The molecule has 2 aromatic rings. The quantitative estimate of drug-likeness (QED) is 0.322. The molecule has 0 heterocycles. The largest absolute Gasteiger partial charge is 0.361 e. The molecule has 2 rings (SSSR count). The molecule has 2 unspecified atom stereocenters. The molecule has 2 aromatic carbocycles. The Bertz CT molecular complexity index is 940. The lowest BCUT2D eigenvalue weighted by molar-refractivity contribution is -0.153. The second-order valence-electron chi connectivity index (χ2n) is 9.12. The Labute approximate surface area is 198 Å². The van der Waals surface area contributed by atoms with Gasteiger partial charge in [0.05, 0.1) is 16.4 Å².